The molecule has 2 aliphatic rings. The van der Waals surface area contributed by atoms with Crippen molar-refractivity contribution >= 4 is 28.9 Å². The average Bonchev–Trinajstić information content (AvgIpc) is 2.97. The fraction of sp³-hybridized carbons (Fsp3) is 0.154. The molecule has 0 spiro atoms. The first-order valence-corrected chi connectivity index (χ1v) is 10.9. The Morgan fingerprint density at radius 2 is 1.81 bits per heavy atom. The van der Waals surface area contributed by atoms with Crippen LogP contribution in [0.15, 0.2) is 95.1 Å². The van der Waals surface area contributed by atoms with Crippen LogP contribution in [0.3, 0.4) is 0 Å². The van der Waals surface area contributed by atoms with Crippen molar-refractivity contribution in [2.24, 2.45) is 4.99 Å². The van der Waals surface area contributed by atoms with Gasteiger partial charge in [-0.3, -0.25) is 14.7 Å². The molecule has 5 nitrogen and oxygen atoms in total. The molecule has 0 radical (unpaired) electrons. The summed E-state index contributed by atoms with van der Waals surface area (Å²) in [5.41, 5.74) is 4.98. The van der Waals surface area contributed by atoms with Crippen molar-refractivity contribution in [2.75, 3.05) is 25.1 Å². The molecule has 0 aromatic heterocycles. The van der Waals surface area contributed by atoms with E-state index in [1.807, 2.05) is 83.8 Å². The second-order valence-electron chi connectivity index (χ2n) is 7.64. The number of anilines is 1. The molecule has 0 bridgehead atoms. The number of methoxy groups -OCH3 is 1. The molecule has 3 aromatic rings. The van der Waals surface area contributed by atoms with Gasteiger partial charge in [-0.15, -0.1) is 0 Å². The molecule has 2 aliphatic heterocycles. The van der Waals surface area contributed by atoms with Gasteiger partial charge in [0.25, 0.3) is 5.91 Å². The zero-order chi connectivity index (χ0) is 22.1. The predicted octanol–water partition coefficient (Wildman–Crippen LogP) is 4.78. The number of rotatable bonds is 4. The molecule has 3 aromatic carbocycles. The van der Waals surface area contributed by atoms with Gasteiger partial charge in [-0.2, -0.15) is 0 Å². The minimum absolute atomic E-state index is 0.0671. The minimum Gasteiger partial charge on any atom is -0.497 e. The van der Waals surface area contributed by atoms with Crippen molar-refractivity contribution < 1.29 is 9.53 Å². The molecular formula is C26H22ClN3O2. The first kappa shape index (κ1) is 20.3. The normalized spacial score (nSPS) is 18.1. The van der Waals surface area contributed by atoms with E-state index in [0.29, 0.717) is 23.8 Å². The van der Waals surface area contributed by atoms with E-state index in [0.717, 1.165) is 33.8 Å². The lowest BCUT2D eigenvalue weighted by Gasteiger charge is -2.28. The number of nitrogens with one attached hydrogen (secondary N) is 1. The third kappa shape index (κ3) is 3.55. The van der Waals surface area contributed by atoms with E-state index >= 15 is 0 Å². The zero-order valence-corrected chi connectivity index (χ0v) is 18.3. The van der Waals surface area contributed by atoms with Crippen LogP contribution in [0.2, 0.25) is 5.02 Å². The highest BCUT2D eigenvalue weighted by Gasteiger charge is 2.44. The van der Waals surface area contributed by atoms with Crippen molar-refractivity contribution in [1.29, 1.82) is 0 Å². The quantitative estimate of drug-likeness (QED) is 0.631. The van der Waals surface area contributed by atoms with Gasteiger partial charge in [0, 0.05) is 28.4 Å². The number of carbonyl (C=O) groups excluding carboxylic acids is 1. The van der Waals surface area contributed by atoms with E-state index in [-0.39, 0.29) is 11.9 Å². The second-order valence-corrected chi connectivity index (χ2v) is 8.08. The Morgan fingerprint density at radius 1 is 1.03 bits per heavy atom. The van der Waals surface area contributed by atoms with E-state index in [1.165, 1.54) is 0 Å². The van der Waals surface area contributed by atoms with Gasteiger partial charge in [-0.25, -0.2) is 0 Å². The predicted molar refractivity (Wildman–Crippen MR) is 128 cm³/mol. The number of benzene rings is 3. The van der Waals surface area contributed by atoms with Crippen molar-refractivity contribution in [3.8, 4) is 5.75 Å². The average molecular weight is 444 g/mol. The number of nitrogens with zero attached hydrogens (tertiary/aromatic N) is 2. The fourth-order valence-electron chi connectivity index (χ4n) is 4.31. The van der Waals surface area contributed by atoms with Crippen LogP contribution in [0.4, 0.5) is 5.69 Å². The summed E-state index contributed by atoms with van der Waals surface area (Å²) in [5, 5.41) is 4.01. The molecule has 1 unspecified atom stereocenters. The van der Waals surface area contributed by atoms with E-state index in [9.17, 15) is 4.79 Å². The molecule has 1 amide bonds. The smallest absolute Gasteiger partial charge is 0.275 e. The number of amides is 1. The molecule has 2 heterocycles. The molecule has 0 saturated heterocycles. The molecule has 0 aliphatic carbocycles. The minimum atomic E-state index is -0.352. The lowest BCUT2D eigenvalue weighted by atomic mass is 9.91. The maximum Gasteiger partial charge on any atom is 0.275 e. The Morgan fingerprint density at radius 3 is 2.56 bits per heavy atom. The maximum atomic E-state index is 13.8. The topological polar surface area (TPSA) is 53.9 Å². The molecule has 5 rings (SSSR count). The number of halogens is 1. The Hall–Kier alpha value is -3.57. The van der Waals surface area contributed by atoms with Crippen LogP contribution in [-0.2, 0) is 4.79 Å². The lowest BCUT2D eigenvalue weighted by Crippen LogP contribution is -2.33. The van der Waals surface area contributed by atoms with Crippen LogP contribution in [-0.4, -0.2) is 31.8 Å². The first-order valence-electron chi connectivity index (χ1n) is 10.5. The summed E-state index contributed by atoms with van der Waals surface area (Å²) >= 11 is 6.14. The fourth-order valence-corrected chi connectivity index (χ4v) is 4.43. The Bertz CT molecular complexity index is 1220. The van der Waals surface area contributed by atoms with E-state index in [2.05, 4.69) is 5.32 Å². The summed E-state index contributed by atoms with van der Waals surface area (Å²) in [6.07, 6.45) is 0. The van der Waals surface area contributed by atoms with Crippen molar-refractivity contribution in [1.82, 2.24) is 5.32 Å². The molecule has 0 saturated carbocycles. The molecule has 1 atom stereocenters. The summed E-state index contributed by atoms with van der Waals surface area (Å²) in [7, 11) is 1.65. The van der Waals surface area contributed by atoms with E-state index in [1.54, 1.807) is 7.11 Å². The highest BCUT2D eigenvalue weighted by molar-refractivity contribution is 6.31. The third-order valence-electron chi connectivity index (χ3n) is 5.73. The number of ether oxygens (including phenoxy) is 1. The number of para-hydroxylation sites is 1. The van der Waals surface area contributed by atoms with Crippen LogP contribution >= 0.6 is 11.6 Å². The molecule has 6 heteroatoms. The number of hydrogen-bond acceptors (Lipinski definition) is 4. The third-order valence-corrected chi connectivity index (χ3v) is 5.99. The van der Waals surface area contributed by atoms with Crippen molar-refractivity contribution in [3.05, 3.63) is 106 Å². The van der Waals surface area contributed by atoms with Gasteiger partial charge in [0.1, 0.15) is 11.4 Å². The van der Waals surface area contributed by atoms with Gasteiger partial charge in [-0.1, -0.05) is 54.1 Å². The first-order chi connectivity index (χ1) is 15.7. The number of carbonyl (C=O) groups is 1. The monoisotopic (exact) mass is 443 g/mol. The second kappa shape index (κ2) is 8.52. The van der Waals surface area contributed by atoms with Crippen molar-refractivity contribution in [3.63, 3.8) is 0 Å². The standard InChI is InChI=1S/C26H22ClN3O2/c1-32-21-9-5-6-18(16-21)25-22-23(17-10-12-19(27)13-11-17)28-14-15-29-24(22)26(31)30(25)20-7-3-2-4-8-20/h2-13,16,25,29H,14-15H2,1H3. The number of hydrogen-bond donors (Lipinski definition) is 1. The van der Waals surface area contributed by atoms with E-state index < -0.39 is 0 Å². The van der Waals surface area contributed by atoms with Gasteiger partial charge >= 0.3 is 0 Å². The Labute approximate surface area is 192 Å². The highest BCUT2D eigenvalue weighted by atomic mass is 35.5. The van der Waals surface area contributed by atoms with E-state index in [4.69, 9.17) is 21.3 Å². The lowest BCUT2D eigenvalue weighted by molar-refractivity contribution is -0.115. The Balaban J connectivity index is 1.73. The van der Waals surface area contributed by atoms with Crippen LogP contribution < -0.4 is 15.0 Å². The molecule has 32 heavy (non-hydrogen) atoms. The molecular weight excluding hydrogens is 422 g/mol. The zero-order valence-electron chi connectivity index (χ0n) is 17.6. The molecule has 0 fully saturated rings. The van der Waals surface area contributed by atoms with Crippen LogP contribution in [0.25, 0.3) is 0 Å². The SMILES string of the molecule is COc1cccc(C2C3=C(NCCN=C3c3ccc(Cl)cc3)C(=O)N2c2ccccc2)c1. The molecule has 1 N–H and O–H groups in total. The van der Waals surface area contributed by atoms with Gasteiger partial charge in [0.2, 0.25) is 0 Å². The van der Waals surface area contributed by atoms with Gasteiger partial charge in [0.05, 0.1) is 25.4 Å². The van der Waals surface area contributed by atoms with Crippen molar-refractivity contribution in [2.45, 2.75) is 6.04 Å². The summed E-state index contributed by atoms with van der Waals surface area (Å²) in [6.45, 7) is 1.17. The summed E-state index contributed by atoms with van der Waals surface area (Å²) in [5.74, 6) is 0.672. The van der Waals surface area contributed by atoms with Gasteiger partial charge < -0.3 is 10.1 Å². The molecule has 160 valence electrons. The Kier molecular flexibility index (Phi) is 5.41. The van der Waals surface area contributed by atoms with Crippen LogP contribution in [0, 0.1) is 0 Å². The van der Waals surface area contributed by atoms with Gasteiger partial charge in [0.15, 0.2) is 0 Å². The summed E-state index contributed by atoms with van der Waals surface area (Å²) < 4.78 is 5.49. The highest BCUT2D eigenvalue weighted by Crippen LogP contribution is 2.43. The maximum absolute atomic E-state index is 13.8. The van der Waals surface area contributed by atoms with Gasteiger partial charge in [-0.05, 0) is 42.0 Å². The summed E-state index contributed by atoms with van der Waals surface area (Å²) in [4.78, 5) is 20.5. The number of aliphatic imine (C=N–C) groups is 1. The van der Waals surface area contributed by atoms with Crippen LogP contribution in [0.1, 0.15) is 17.2 Å². The summed E-state index contributed by atoms with van der Waals surface area (Å²) in [6, 6.07) is 24.9. The largest absolute Gasteiger partial charge is 0.497 e. The van der Waals surface area contributed by atoms with Crippen LogP contribution in [0.5, 0.6) is 5.75 Å².